The SMILES string of the molecule is O=c1[nH]c2c(c3c(F)cccc13)Cc1c(CNC3CCCC3)cccc1-2. The summed E-state index contributed by atoms with van der Waals surface area (Å²) in [6.45, 7) is 0.826. The quantitative estimate of drug-likeness (QED) is 0.581. The van der Waals surface area contributed by atoms with E-state index in [-0.39, 0.29) is 11.4 Å². The van der Waals surface area contributed by atoms with Gasteiger partial charge >= 0.3 is 0 Å². The molecule has 0 atom stereocenters. The molecule has 2 aliphatic rings. The van der Waals surface area contributed by atoms with Crippen LogP contribution in [0.1, 0.15) is 42.4 Å². The summed E-state index contributed by atoms with van der Waals surface area (Å²) in [6.07, 6.45) is 5.78. The minimum absolute atomic E-state index is 0.222. The largest absolute Gasteiger partial charge is 0.321 e. The Morgan fingerprint density at radius 3 is 2.73 bits per heavy atom. The molecule has 0 amide bonds. The van der Waals surface area contributed by atoms with Crippen LogP contribution < -0.4 is 10.9 Å². The molecular formula is C22H21FN2O. The maximum absolute atomic E-state index is 14.5. The number of hydrogen-bond donors (Lipinski definition) is 2. The van der Waals surface area contributed by atoms with E-state index in [0.717, 1.165) is 23.4 Å². The lowest BCUT2D eigenvalue weighted by atomic mass is 10.0. The fourth-order valence-electron chi connectivity index (χ4n) is 4.61. The standard InChI is InChI=1S/C22H21FN2O/c23-19-10-4-9-16-20(19)18-11-17-13(12-24-14-6-1-2-7-14)5-3-8-15(17)21(18)25-22(16)26/h3-5,8-10,14,24H,1-2,6-7,11-12H2,(H,25,26). The third-order valence-corrected chi connectivity index (χ3v) is 5.93. The topological polar surface area (TPSA) is 44.9 Å². The molecule has 26 heavy (non-hydrogen) atoms. The summed E-state index contributed by atoms with van der Waals surface area (Å²) in [5.41, 5.74) is 4.95. The summed E-state index contributed by atoms with van der Waals surface area (Å²) >= 11 is 0. The first kappa shape index (κ1) is 15.8. The second-order valence-corrected chi connectivity index (χ2v) is 7.45. The third kappa shape index (κ3) is 2.40. The van der Waals surface area contributed by atoms with Crippen molar-refractivity contribution in [3.05, 3.63) is 69.3 Å². The fourth-order valence-corrected chi connectivity index (χ4v) is 4.61. The Labute approximate surface area is 151 Å². The summed E-state index contributed by atoms with van der Waals surface area (Å²) < 4.78 is 14.5. The number of nitrogens with one attached hydrogen (secondary N) is 2. The summed E-state index contributed by atoms with van der Waals surface area (Å²) in [5.74, 6) is -0.316. The molecule has 2 aromatic carbocycles. The Morgan fingerprint density at radius 1 is 1.08 bits per heavy atom. The number of rotatable bonds is 3. The molecule has 3 nitrogen and oxygen atoms in total. The van der Waals surface area contributed by atoms with Gasteiger partial charge in [-0.15, -0.1) is 0 Å². The highest BCUT2D eigenvalue weighted by Gasteiger charge is 2.26. The zero-order valence-corrected chi connectivity index (χ0v) is 14.6. The smallest absolute Gasteiger partial charge is 0.256 e. The number of aromatic amines is 1. The van der Waals surface area contributed by atoms with Gasteiger partial charge in [0.25, 0.3) is 5.56 Å². The second-order valence-electron chi connectivity index (χ2n) is 7.45. The van der Waals surface area contributed by atoms with Crippen molar-refractivity contribution < 1.29 is 4.39 Å². The van der Waals surface area contributed by atoms with Crippen LogP contribution >= 0.6 is 0 Å². The van der Waals surface area contributed by atoms with Crippen LogP contribution in [0, 0.1) is 5.82 Å². The van der Waals surface area contributed by atoms with Crippen molar-refractivity contribution in [3.8, 4) is 11.3 Å². The van der Waals surface area contributed by atoms with Crippen LogP contribution in [0.15, 0.2) is 41.2 Å². The van der Waals surface area contributed by atoms with E-state index in [0.29, 0.717) is 23.2 Å². The van der Waals surface area contributed by atoms with Gasteiger partial charge < -0.3 is 10.3 Å². The Hall–Kier alpha value is -2.46. The first-order valence-corrected chi connectivity index (χ1v) is 9.40. The Morgan fingerprint density at radius 2 is 1.88 bits per heavy atom. The first-order chi connectivity index (χ1) is 12.7. The maximum atomic E-state index is 14.5. The number of aromatic nitrogens is 1. The third-order valence-electron chi connectivity index (χ3n) is 5.93. The van der Waals surface area contributed by atoms with Gasteiger partial charge in [-0.25, -0.2) is 4.39 Å². The van der Waals surface area contributed by atoms with E-state index in [1.807, 2.05) is 12.1 Å². The van der Waals surface area contributed by atoms with Gasteiger partial charge in [-0.1, -0.05) is 37.1 Å². The van der Waals surface area contributed by atoms with Crippen LogP contribution in [0.5, 0.6) is 0 Å². The maximum Gasteiger partial charge on any atom is 0.256 e. The van der Waals surface area contributed by atoms with E-state index < -0.39 is 0 Å². The van der Waals surface area contributed by atoms with E-state index in [2.05, 4.69) is 16.4 Å². The number of fused-ring (bicyclic) bond motifs is 5. The Kier molecular flexibility index (Phi) is 3.68. The average molecular weight is 348 g/mol. The minimum atomic E-state index is -0.316. The monoisotopic (exact) mass is 348 g/mol. The van der Waals surface area contributed by atoms with Gasteiger partial charge in [0, 0.05) is 30.0 Å². The molecule has 2 N–H and O–H groups in total. The molecule has 0 unspecified atom stereocenters. The first-order valence-electron chi connectivity index (χ1n) is 9.40. The van der Waals surface area contributed by atoms with Crippen LogP contribution in [0.3, 0.4) is 0 Å². The van der Waals surface area contributed by atoms with E-state index in [1.54, 1.807) is 12.1 Å². The molecule has 1 aromatic heterocycles. The Balaban J connectivity index is 1.59. The predicted molar refractivity (Wildman–Crippen MR) is 102 cm³/mol. The highest BCUT2D eigenvalue weighted by molar-refractivity contribution is 5.93. The van der Waals surface area contributed by atoms with Crippen LogP contribution in [-0.4, -0.2) is 11.0 Å². The molecule has 4 heteroatoms. The lowest BCUT2D eigenvalue weighted by Gasteiger charge is -2.14. The summed E-state index contributed by atoms with van der Waals surface area (Å²) in [4.78, 5) is 15.4. The van der Waals surface area contributed by atoms with Crippen LogP contribution in [0.25, 0.3) is 22.0 Å². The van der Waals surface area contributed by atoms with Crippen molar-refractivity contribution in [1.29, 1.82) is 0 Å². The van der Waals surface area contributed by atoms with E-state index in [9.17, 15) is 9.18 Å². The molecule has 0 bridgehead atoms. The van der Waals surface area contributed by atoms with Crippen molar-refractivity contribution in [2.45, 2.75) is 44.7 Å². The van der Waals surface area contributed by atoms with Gasteiger partial charge in [-0.05, 0) is 41.7 Å². The summed E-state index contributed by atoms with van der Waals surface area (Å²) in [6, 6.07) is 11.5. The van der Waals surface area contributed by atoms with Crippen molar-refractivity contribution in [3.63, 3.8) is 0 Å². The molecule has 5 rings (SSSR count). The molecule has 1 saturated carbocycles. The molecule has 0 aliphatic heterocycles. The van der Waals surface area contributed by atoms with Crippen LogP contribution in [0.2, 0.25) is 0 Å². The normalized spacial score (nSPS) is 16.2. The summed E-state index contributed by atoms with van der Waals surface area (Å²) in [7, 11) is 0. The van der Waals surface area contributed by atoms with Crippen LogP contribution in [-0.2, 0) is 13.0 Å². The summed E-state index contributed by atoms with van der Waals surface area (Å²) in [5, 5.41) is 4.57. The number of benzene rings is 2. The van der Waals surface area contributed by atoms with Gasteiger partial charge in [0.05, 0.1) is 11.1 Å². The number of pyridine rings is 1. The van der Waals surface area contributed by atoms with Crippen molar-refractivity contribution in [2.24, 2.45) is 0 Å². The molecule has 0 spiro atoms. The van der Waals surface area contributed by atoms with E-state index >= 15 is 0 Å². The predicted octanol–water partition coefficient (Wildman–Crippen LogP) is 4.27. The van der Waals surface area contributed by atoms with Gasteiger partial charge in [-0.3, -0.25) is 4.79 Å². The zero-order valence-electron chi connectivity index (χ0n) is 14.6. The Bertz CT molecular complexity index is 1060. The highest BCUT2D eigenvalue weighted by Crippen LogP contribution is 2.40. The molecule has 132 valence electrons. The molecule has 0 radical (unpaired) electrons. The van der Waals surface area contributed by atoms with Crippen molar-refractivity contribution >= 4 is 10.8 Å². The van der Waals surface area contributed by atoms with Gasteiger partial charge in [0.15, 0.2) is 0 Å². The minimum Gasteiger partial charge on any atom is -0.321 e. The fraction of sp³-hybridized carbons (Fsp3) is 0.318. The molecular weight excluding hydrogens is 327 g/mol. The van der Waals surface area contributed by atoms with Crippen molar-refractivity contribution in [1.82, 2.24) is 10.3 Å². The second kappa shape index (κ2) is 6.06. The number of H-pyrrole nitrogens is 1. The highest BCUT2D eigenvalue weighted by atomic mass is 19.1. The van der Waals surface area contributed by atoms with Gasteiger partial charge in [0.1, 0.15) is 5.82 Å². The molecule has 1 fully saturated rings. The zero-order chi connectivity index (χ0) is 17.7. The molecule has 1 heterocycles. The van der Waals surface area contributed by atoms with E-state index in [4.69, 9.17) is 0 Å². The lowest BCUT2D eigenvalue weighted by molar-refractivity contribution is 0.523. The van der Waals surface area contributed by atoms with Gasteiger partial charge in [0.2, 0.25) is 0 Å². The van der Waals surface area contributed by atoms with Crippen molar-refractivity contribution in [2.75, 3.05) is 0 Å². The van der Waals surface area contributed by atoms with Crippen LogP contribution in [0.4, 0.5) is 4.39 Å². The number of hydrogen-bond acceptors (Lipinski definition) is 2. The van der Waals surface area contributed by atoms with E-state index in [1.165, 1.54) is 42.9 Å². The molecule has 0 saturated heterocycles. The molecule has 2 aliphatic carbocycles. The lowest BCUT2D eigenvalue weighted by Crippen LogP contribution is -2.25. The molecule has 3 aromatic rings. The average Bonchev–Trinajstić information content (AvgIpc) is 3.28. The number of halogens is 1. The van der Waals surface area contributed by atoms with Gasteiger partial charge in [-0.2, -0.15) is 0 Å².